The van der Waals surface area contributed by atoms with Gasteiger partial charge in [-0.3, -0.25) is 19.2 Å². The highest BCUT2D eigenvalue weighted by molar-refractivity contribution is 5.94. The standard InChI is InChI=1S/C12H18O6/c1-8(13)6-11(15)17-5-4-10(3)18-12(16)7-9(2)14/h10H,4-7H2,1-3H3/t10-/m1/s1. The van der Waals surface area contributed by atoms with Gasteiger partial charge in [0.15, 0.2) is 0 Å². The number of ether oxygens (including phenoxy) is 2. The van der Waals surface area contributed by atoms with Gasteiger partial charge in [-0.05, 0) is 20.8 Å². The molecule has 0 aliphatic heterocycles. The molecule has 0 aromatic rings. The van der Waals surface area contributed by atoms with Crippen molar-refractivity contribution < 1.29 is 28.7 Å². The van der Waals surface area contributed by atoms with Gasteiger partial charge in [0.25, 0.3) is 0 Å². The molecule has 6 heteroatoms. The summed E-state index contributed by atoms with van der Waals surface area (Å²) in [5.41, 5.74) is 0. The molecule has 0 amide bonds. The van der Waals surface area contributed by atoms with Crippen LogP contribution in [0.5, 0.6) is 0 Å². The van der Waals surface area contributed by atoms with Crippen LogP contribution in [0, 0.1) is 0 Å². The minimum atomic E-state index is -0.593. The molecule has 0 aliphatic carbocycles. The van der Waals surface area contributed by atoms with E-state index in [-0.39, 0.29) is 31.0 Å². The number of hydrogen-bond acceptors (Lipinski definition) is 6. The molecular weight excluding hydrogens is 240 g/mol. The van der Waals surface area contributed by atoms with Crippen LogP contribution in [0.15, 0.2) is 0 Å². The van der Waals surface area contributed by atoms with Gasteiger partial charge in [0, 0.05) is 6.42 Å². The van der Waals surface area contributed by atoms with E-state index in [1.165, 1.54) is 13.8 Å². The summed E-state index contributed by atoms with van der Waals surface area (Å²) in [5, 5.41) is 0. The molecule has 0 heterocycles. The van der Waals surface area contributed by atoms with Gasteiger partial charge < -0.3 is 9.47 Å². The molecule has 0 aromatic heterocycles. The van der Waals surface area contributed by atoms with Crippen molar-refractivity contribution in [3.8, 4) is 0 Å². The van der Waals surface area contributed by atoms with E-state index in [2.05, 4.69) is 0 Å². The summed E-state index contributed by atoms with van der Waals surface area (Å²) < 4.78 is 9.67. The van der Waals surface area contributed by atoms with Crippen LogP contribution in [0.25, 0.3) is 0 Å². The van der Waals surface area contributed by atoms with Gasteiger partial charge >= 0.3 is 11.9 Å². The molecule has 6 nitrogen and oxygen atoms in total. The molecule has 102 valence electrons. The predicted molar refractivity (Wildman–Crippen MR) is 61.7 cm³/mol. The van der Waals surface area contributed by atoms with Gasteiger partial charge in [-0.1, -0.05) is 0 Å². The van der Waals surface area contributed by atoms with E-state index in [4.69, 9.17) is 9.47 Å². The third-order valence-electron chi connectivity index (χ3n) is 1.91. The highest BCUT2D eigenvalue weighted by Crippen LogP contribution is 2.01. The van der Waals surface area contributed by atoms with Crippen LogP contribution in [-0.2, 0) is 28.7 Å². The topological polar surface area (TPSA) is 86.7 Å². The first-order chi connectivity index (χ1) is 8.31. The first-order valence-electron chi connectivity index (χ1n) is 5.65. The fourth-order valence-corrected chi connectivity index (χ4v) is 1.12. The molecular formula is C12H18O6. The third kappa shape index (κ3) is 9.50. The number of Topliss-reactive ketones (excluding diaryl/α,β-unsaturated/α-hetero) is 2. The van der Waals surface area contributed by atoms with Crippen molar-refractivity contribution in [1.29, 1.82) is 0 Å². The molecule has 0 spiro atoms. The van der Waals surface area contributed by atoms with Crippen LogP contribution in [-0.4, -0.2) is 36.2 Å². The van der Waals surface area contributed by atoms with E-state index >= 15 is 0 Å². The Morgan fingerprint density at radius 1 is 0.944 bits per heavy atom. The molecule has 1 atom stereocenters. The van der Waals surface area contributed by atoms with E-state index in [1.807, 2.05) is 0 Å². The van der Waals surface area contributed by atoms with Crippen molar-refractivity contribution in [1.82, 2.24) is 0 Å². The molecule has 0 fully saturated rings. The molecule has 0 unspecified atom stereocenters. The maximum atomic E-state index is 11.1. The van der Waals surface area contributed by atoms with Gasteiger partial charge in [-0.25, -0.2) is 0 Å². The fraction of sp³-hybridized carbons (Fsp3) is 0.667. The number of rotatable bonds is 8. The Kier molecular flexibility index (Phi) is 7.58. The average molecular weight is 258 g/mol. The molecule has 0 saturated heterocycles. The van der Waals surface area contributed by atoms with Crippen molar-refractivity contribution in [2.45, 2.75) is 46.1 Å². The third-order valence-corrected chi connectivity index (χ3v) is 1.91. The summed E-state index contributed by atoms with van der Waals surface area (Å²) >= 11 is 0. The summed E-state index contributed by atoms with van der Waals surface area (Å²) in [5.74, 6) is -1.71. The first-order valence-corrected chi connectivity index (χ1v) is 5.65. The van der Waals surface area contributed by atoms with E-state index in [0.29, 0.717) is 6.42 Å². The first kappa shape index (κ1) is 16.3. The van der Waals surface area contributed by atoms with E-state index in [9.17, 15) is 19.2 Å². The van der Waals surface area contributed by atoms with Gasteiger partial charge in [0.05, 0.1) is 6.61 Å². The molecule has 0 bridgehead atoms. The van der Waals surface area contributed by atoms with Crippen molar-refractivity contribution >= 4 is 23.5 Å². The number of carbonyl (C=O) groups excluding carboxylic acids is 4. The number of esters is 2. The molecule has 0 N–H and O–H groups in total. The maximum absolute atomic E-state index is 11.1. The normalized spacial score (nSPS) is 11.5. The second-order valence-electron chi connectivity index (χ2n) is 4.07. The summed E-state index contributed by atoms with van der Waals surface area (Å²) in [4.78, 5) is 43.4. The lowest BCUT2D eigenvalue weighted by Crippen LogP contribution is -2.19. The van der Waals surface area contributed by atoms with Gasteiger partial charge in [0.2, 0.25) is 0 Å². The second-order valence-corrected chi connectivity index (χ2v) is 4.07. The van der Waals surface area contributed by atoms with Crippen LogP contribution in [0.3, 0.4) is 0 Å². The lowest BCUT2D eigenvalue weighted by Gasteiger charge is -2.12. The minimum Gasteiger partial charge on any atom is -0.465 e. The van der Waals surface area contributed by atoms with Crippen molar-refractivity contribution in [3.63, 3.8) is 0 Å². The molecule has 0 rings (SSSR count). The monoisotopic (exact) mass is 258 g/mol. The Labute approximate surface area is 106 Å². The van der Waals surface area contributed by atoms with E-state index in [1.54, 1.807) is 6.92 Å². The molecule has 0 aliphatic rings. The summed E-state index contributed by atoms with van der Waals surface area (Å²) in [7, 11) is 0. The quantitative estimate of drug-likeness (QED) is 0.473. The van der Waals surface area contributed by atoms with Crippen LogP contribution >= 0.6 is 0 Å². The molecule has 18 heavy (non-hydrogen) atoms. The smallest absolute Gasteiger partial charge is 0.313 e. The van der Waals surface area contributed by atoms with Crippen molar-refractivity contribution in [2.75, 3.05) is 6.61 Å². The number of carbonyl (C=O) groups is 4. The Hall–Kier alpha value is -1.72. The average Bonchev–Trinajstić information content (AvgIpc) is 2.13. The van der Waals surface area contributed by atoms with Crippen LogP contribution < -0.4 is 0 Å². The summed E-state index contributed by atoms with van der Waals surface area (Å²) in [6, 6.07) is 0. The predicted octanol–water partition coefficient (Wildman–Crippen LogP) is 0.810. The summed E-state index contributed by atoms with van der Waals surface area (Å²) in [6.07, 6.45) is -0.623. The minimum absolute atomic E-state index is 0.0701. The van der Waals surface area contributed by atoms with Crippen molar-refractivity contribution in [2.24, 2.45) is 0 Å². The lowest BCUT2D eigenvalue weighted by atomic mass is 10.3. The van der Waals surface area contributed by atoms with Crippen LogP contribution in [0.2, 0.25) is 0 Å². The molecule has 0 saturated carbocycles. The number of hydrogen-bond donors (Lipinski definition) is 0. The lowest BCUT2D eigenvalue weighted by molar-refractivity contribution is -0.151. The Morgan fingerprint density at radius 2 is 1.44 bits per heavy atom. The van der Waals surface area contributed by atoms with Crippen molar-refractivity contribution in [3.05, 3.63) is 0 Å². The Bertz CT molecular complexity index is 333. The largest absolute Gasteiger partial charge is 0.465 e. The zero-order chi connectivity index (χ0) is 14.1. The number of ketones is 2. The fourth-order valence-electron chi connectivity index (χ4n) is 1.12. The molecule has 0 aromatic carbocycles. The SMILES string of the molecule is CC(=O)CC(=O)OCC[C@@H](C)OC(=O)CC(C)=O. The van der Waals surface area contributed by atoms with E-state index in [0.717, 1.165) is 0 Å². The zero-order valence-corrected chi connectivity index (χ0v) is 10.9. The second kappa shape index (κ2) is 8.38. The van der Waals surface area contributed by atoms with Gasteiger partial charge in [0.1, 0.15) is 30.5 Å². The highest BCUT2D eigenvalue weighted by Gasteiger charge is 2.12. The zero-order valence-electron chi connectivity index (χ0n) is 10.9. The Morgan fingerprint density at radius 3 is 1.94 bits per heavy atom. The highest BCUT2D eigenvalue weighted by atomic mass is 16.6. The van der Waals surface area contributed by atoms with Crippen LogP contribution in [0.4, 0.5) is 0 Å². The maximum Gasteiger partial charge on any atom is 0.313 e. The summed E-state index contributed by atoms with van der Waals surface area (Å²) in [6.45, 7) is 4.31. The van der Waals surface area contributed by atoms with Crippen LogP contribution in [0.1, 0.15) is 40.0 Å². The molecule has 0 radical (unpaired) electrons. The van der Waals surface area contributed by atoms with Gasteiger partial charge in [-0.2, -0.15) is 0 Å². The van der Waals surface area contributed by atoms with Gasteiger partial charge in [-0.15, -0.1) is 0 Å². The van der Waals surface area contributed by atoms with E-state index < -0.39 is 18.0 Å². The Balaban J connectivity index is 3.74.